The monoisotopic (exact) mass is 205 g/mol. The zero-order valence-corrected chi connectivity index (χ0v) is 8.77. The van der Waals surface area contributed by atoms with Crippen molar-refractivity contribution < 1.29 is 4.74 Å². The van der Waals surface area contributed by atoms with Crippen LogP contribution >= 0.6 is 0 Å². The number of hydrogen-bond acceptors (Lipinski definition) is 6. The third kappa shape index (κ3) is 1.54. The Hall–Kier alpha value is -1.98. The lowest BCUT2D eigenvalue weighted by Crippen LogP contribution is -2.03. The second-order valence-electron chi connectivity index (χ2n) is 3.16. The van der Waals surface area contributed by atoms with Crippen LogP contribution in [0, 0.1) is 13.8 Å². The largest absolute Gasteiger partial charge is 0.467 e. The Kier molecular flexibility index (Phi) is 2.11. The number of fused-ring (bicyclic) bond motifs is 1. The molecule has 2 aromatic rings. The Labute approximate surface area is 86.5 Å². The number of aryl methyl sites for hydroxylation is 2. The van der Waals surface area contributed by atoms with Crippen LogP contribution < -0.4 is 10.5 Å². The van der Waals surface area contributed by atoms with Crippen LogP contribution in [0.4, 0.5) is 5.82 Å². The molecule has 0 aliphatic heterocycles. The van der Waals surface area contributed by atoms with Crippen molar-refractivity contribution in [3.8, 4) is 6.01 Å². The van der Waals surface area contributed by atoms with E-state index in [9.17, 15) is 0 Å². The molecule has 0 fully saturated rings. The second-order valence-corrected chi connectivity index (χ2v) is 3.16. The van der Waals surface area contributed by atoms with E-state index in [1.807, 2.05) is 13.8 Å². The number of ether oxygens (including phenoxy) is 1. The first-order valence-corrected chi connectivity index (χ1v) is 4.44. The Balaban J connectivity index is 2.80. The number of hydrogen-bond donors (Lipinski definition) is 1. The van der Waals surface area contributed by atoms with Crippen molar-refractivity contribution in [1.82, 2.24) is 19.9 Å². The summed E-state index contributed by atoms with van der Waals surface area (Å²) in [5.41, 5.74) is 8.34. The van der Waals surface area contributed by atoms with E-state index >= 15 is 0 Å². The van der Waals surface area contributed by atoms with E-state index in [0.717, 1.165) is 11.4 Å². The number of nitrogen functional groups attached to an aromatic ring is 1. The highest BCUT2D eigenvalue weighted by molar-refractivity contribution is 5.81. The van der Waals surface area contributed by atoms with Crippen LogP contribution in [-0.4, -0.2) is 27.0 Å². The minimum absolute atomic E-state index is 0.206. The van der Waals surface area contributed by atoms with Crippen LogP contribution in [0.25, 0.3) is 11.2 Å². The summed E-state index contributed by atoms with van der Waals surface area (Å²) >= 11 is 0. The fraction of sp³-hybridized carbons (Fsp3) is 0.333. The molecule has 78 valence electrons. The highest BCUT2D eigenvalue weighted by Gasteiger charge is 2.09. The van der Waals surface area contributed by atoms with Gasteiger partial charge in [0.05, 0.1) is 18.5 Å². The summed E-state index contributed by atoms with van der Waals surface area (Å²) < 4.78 is 4.90. The highest BCUT2D eigenvalue weighted by atomic mass is 16.5. The van der Waals surface area contributed by atoms with Crippen molar-refractivity contribution in [2.75, 3.05) is 12.8 Å². The van der Waals surface area contributed by atoms with Gasteiger partial charge in [-0.1, -0.05) is 0 Å². The molecule has 0 amide bonds. The zero-order chi connectivity index (χ0) is 11.0. The van der Waals surface area contributed by atoms with Crippen LogP contribution in [0.2, 0.25) is 0 Å². The minimum Gasteiger partial charge on any atom is -0.467 e. The van der Waals surface area contributed by atoms with E-state index in [-0.39, 0.29) is 11.8 Å². The maximum atomic E-state index is 5.72. The molecule has 0 saturated carbocycles. The van der Waals surface area contributed by atoms with E-state index in [1.165, 1.54) is 7.11 Å². The third-order valence-corrected chi connectivity index (χ3v) is 2.13. The predicted molar refractivity (Wildman–Crippen MR) is 55.6 cm³/mol. The summed E-state index contributed by atoms with van der Waals surface area (Å²) in [6.07, 6.45) is 0. The molecule has 0 unspecified atom stereocenters. The quantitative estimate of drug-likeness (QED) is 0.734. The van der Waals surface area contributed by atoms with Gasteiger partial charge in [-0.2, -0.15) is 9.97 Å². The Morgan fingerprint density at radius 2 is 1.67 bits per heavy atom. The molecule has 0 aliphatic rings. The first-order chi connectivity index (χ1) is 7.11. The number of methoxy groups -OCH3 is 1. The van der Waals surface area contributed by atoms with Crippen LogP contribution in [0.3, 0.4) is 0 Å². The molecule has 15 heavy (non-hydrogen) atoms. The zero-order valence-electron chi connectivity index (χ0n) is 8.77. The lowest BCUT2D eigenvalue weighted by Gasteiger charge is -2.04. The second kappa shape index (κ2) is 3.30. The topological polar surface area (TPSA) is 86.8 Å². The van der Waals surface area contributed by atoms with Crippen LogP contribution in [0.5, 0.6) is 6.01 Å². The van der Waals surface area contributed by atoms with Crippen molar-refractivity contribution in [3.63, 3.8) is 0 Å². The van der Waals surface area contributed by atoms with Crippen LogP contribution in [0.15, 0.2) is 0 Å². The summed E-state index contributed by atoms with van der Waals surface area (Å²) in [4.78, 5) is 16.6. The molecule has 2 aromatic heterocycles. The first kappa shape index (κ1) is 9.57. The van der Waals surface area contributed by atoms with Gasteiger partial charge in [-0.25, -0.2) is 9.97 Å². The van der Waals surface area contributed by atoms with Gasteiger partial charge in [0, 0.05) is 0 Å². The molecule has 0 spiro atoms. The molecule has 2 rings (SSSR count). The lowest BCUT2D eigenvalue weighted by atomic mass is 10.3. The molecule has 2 N–H and O–H groups in total. The van der Waals surface area contributed by atoms with E-state index < -0.39 is 0 Å². The number of aromatic nitrogens is 4. The molecule has 6 heteroatoms. The number of rotatable bonds is 1. The molecule has 2 heterocycles. The van der Waals surface area contributed by atoms with Crippen molar-refractivity contribution in [2.45, 2.75) is 13.8 Å². The van der Waals surface area contributed by atoms with Gasteiger partial charge in [0.15, 0.2) is 17.0 Å². The summed E-state index contributed by atoms with van der Waals surface area (Å²) in [5, 5.41) is 0. The van der Waals surface area contributed by atoms with E-state index in [4.69, 9.17) is 10.5 Å². The van der Waals surface area contributed by atoms with Gasteiger partial charge >= 0.3 is 6.01 Å². The number of nitrogens with zero attached hydrogens (tertiary/aromatic N) is 4. The predicted octanol–water partition coefficient (Wildman–Crippen LogP) is 0.627. The maximum Gasteiger partial charge on any atom is 0.320 e. The fourth-order valence-corrected chi connectivity index (χ4v) is 1.20. The van der Waals surface area contributed by atoms with E-state index in [1.54, 1.807) is 0 Å². The van der Waals surface area contributed by atoms with E-state index in [2.05, 4.69) is 19.9 Å². The van der Waals surface area contributed by atoms with E-state index in [0.29, 0.717) is 11.2 Å². The fourth-order valence-electron chi connectivity index (χ4n) is 1.20. The van der Waals surface area contributed by atoms with Crippen molar-refractivity contribution in [2.24, 2.45) is 0 Å². The SMILES string of the molecule is COc1nc(N)c2nc(C)c(C)nc2n1. The Bertz CT molecular complexity index is 525. The van der Waals surface area contributed by atoms with Gasteiger partial charge in [-0.15, -0.1) is 0 Å². The molecule has 0 bridgehead atoms. The summed E-state index contributed by atoms with van der Waals surface area (Å²) in [6.45, 7) is 3.73. The third-order valence-electron chi connectivity index (χ3n) is 2.13. The molecule has 0 aliphatic carbocycles. The smallest absolute Gasteiger partial charge is 0.320 e. The average Bonchev–Trinajstić information content (AvgIpc) is 2.21. The van der Waals surface area contributed by atoms with Gasteiger partial charge in [0.2, 0.25) is 0 Å². The van der Waals surface area contributed by atoms with Crippen molar-refractivity contribution in [3.05, 3.63) is 11.4 Å². The van der Waals surface area contributed by atoms with Crippen LogP contribution in [-0.2, 0) is 0 Å². The summed E-state index contributed by atoms with van der Waals surface area (Å²) in [5.74, 6) is 0.285. The maximum absolute atomic E-state index is 5.72. The molecule has 6 nitrogen and oxygen atoms in total. The van der Waals surface area contributed by atoms with Gasteiger partial charge in [0.25, 0.3) is 0 Å². The molecular weight excluding hydrogens is 194 g/mol. The first-order valence-electron chi connectivity index (χ1n) is 4.44. The Morgan fingerprint density at radius 1 is 1.00 bits per heavy atom. The van der Waals surface area contributed by atoms with Gasteiger partial charge in [-0.05, 0) is 13.8 Å². The van der Waals surface area contributed by atoms with Crippen molar-refractivity contribution in [1.29, 1.82) is 0 Å². The summed E-state index contributed by atoms with van der Waals surface area (Å²) in [6, 6.07) is 0.206. The summed E-state index contributed by atoms with van der Waals surface area (Å²) in [7, 11) is 1.48. The normalized spacial score (nSPS) is 10.6. The molecular formula is C9H11N5O. The number of nitrogens with two attached hydrogens (primary N) is 1. The van der Waals surface area contributed by atoms with Gasteiger partial charge in [0.1, 0.15) is 0 Å². The standard InChI is InChI=1S/C9H11N5O/c1-4-5(2)12-8-6(11-4)7(10)13-9(14-8)15-3/h1-3H3,(H2,10,12,13,14). The molecule has 0 atom stereocenters. The number of anilines is 1. The van der Waals surface area contributed by atoms with Gasteiger partial charge < -0.3 is 10.5 Å². The van der Waals surface area contributed by atoms with Crippen molar-refractivity contribution >= 4 is 17.0 Å². The minimum atomic E-state index is 0.206. The highest BCUT2D eigenvalue weighted by Crippen LogP contribution is 2.17. The lowest BCUT2D eigenvalue weighted by molar-refractivity contribution is 0.382. The van der Waals surface area contributed by atoms with Gasteiger partial charge in [-0.3, -0.25) is 0 Å². The molecule has 0 aromatic carbocycles. The molecule has 0 radical (unpaired) electrons. The molecule has 0 saturated heterocycles. The Morgan fingerprint density at radius 3 is 2.33 bits per heavy atom. The van der Waals surface area contributed by atoms with Crippen LogP contribution in [0.1, 0.15) is 11.4 Å². The average molecular weight is 205 g/mol.